The summed E-state index contributed by atoms with van der Waals surface area (Å²) in [6, 6.07) is -4.51. The molecule has 0 aromatic heterocycles. The molecule has 5 amide bonds. The van der Waals surface area contributed by atoms with Gasteiger partial charge >= 0.3 is 18.0 Å². The Balaban J connectivity index is 1.25. The summed E-state index contributed by atoms with van der Waals surface area (Å²) in [5.41, 5.74) is -1.67. The predicted molar refractivity (Wildman–Crippen MR) is 189 cm³/mol. The lowest BCUT2D eigenvalue weighted by Gasteiger charge is -2.38. The van der Waals surface area contributed by atoms with Crippen LogP contribution in [0.25, 0.3) is 0 Å². The minimum absolute atomic E-state index is 0.0133. The van der Waals surface area contributed by atoms with Crippen LogP contribution in [0.15, 0.2) is 0 Å². The van der Waals surface area contributed by atoms with Crippen molar-refractivity contribution in [3.05, 3.63) is 0 Å². The molecule has 0 bridgehead atoms. The number of amides is 5. The molecular weight excluding hydrogens is 670 g/mol. The summed E-state index contributed by atoms with van der Waals surface area (Å²) < 4.78 is 10.7. The molecule has 5 fully saturated rings. The Hall–Kier alpha value is -3.71. The van der Waals surface area contributed by atoms with E-state index >= 15 is 0 Å². The highest BCUT2D eigenvalue weighted by Crippen LogP contribution is 2.65. The first kappa shape index (κ1) is 39.5. The molecule has 0 aromatic carbocycles. The maximum atomic E-state index is 14.4. The number of hydrogen-bond acceptors (Lipinski definition) is 9. The highest BCUT2D eigenvalue weighted by atomic mass is 16.6. The van der Waals surface area contributed by atoms with Gasteiger partial charge in [0.25, 0.3) is 5.91 Å². The second-order valence-corrected chi connectivity index (χ2v) is 18.4. The van der Waals surface area contributed by atoms with Gasteiger partial charge in [-0.25, -0.2) is 9.59 Å². The molecule has 52 heavy (non-hydrogen) atoms. The number of nitrogens with zero attached hydrogens (tertiary/aromatic N) is 1. The summed E-state index contributed by atoms with van der Waals surface area (Å²) in [4.78, 5) is 94.8. The minimum Gasteiger partial charge on any atom is -0.464 e. The van der Waals surface area contributed by atoms with Gasteiger partial charge in [0, 0.05) is 13.1 Å². The summed E-state index contributed by atoms with van der Waals surface area (Å²) in [5, 5.41) is 10.9. The van der Waals surface area contributed by atoms with E-state index < -0.39 is 76.7 Å². The van der Waals surface area contributed by atoms with Crippen molar-refractivity contribution < 1.29 is 43.0 Å². The summed E-state index contributed by atoms with van der Waals surface area (Å²) in [5.74, 6) is -3.21. The van der Waals surface area contributed by atoms with E-state index in [-0.39, 0.29) is 42.1 Å². The third-order valence-corrected chi connectivity index (χ3v) is 11.1. The van der Waals surface area contributed by atoms with Crippen molar-refractivity contribution in [2.75, 3.05) is 19.7 Å². The Morgan fingerprint density at radius 1 is 0.846 bits per heavy atom. The first-order valence-electron chi connectivity index (χ1n) is 19.1. The van der Waals surface area contributed by atoms with E-state index in [0.717, 1.165) is 38.5 Å². The highest BCUT2D eigenvalue weighted by molar-refractivity contribution is 6.38. The van der Waals surface area contributed by atoms with Gasteiger partial charge in [-0.2, -0.15) is 0 Å². The Morgan fingerprint density at radius 3 is 2.04 bits per heavy atom. The number of Topliss-reactive ketones (excluding diaryl/α,β-unsaturated/α-hetero) is 1. The van der Waals surface area contributed by atoms with Crippen LogP contribution in [-0.4, -0.2) is 95.8 Å². The Bertz CT molecular complexity index is 1440. The second-order valence-electron chi connectivity index (χ2n) is 18.4. The molecule has 4 N–H and O–H groups in total. The van der Waals surface area contributed by atoms with Crippen LogP contribution < -0.4 is 21.3 Å². The number of ether oxygens (including phenoxy) is 2. The fraction of sp³-hybridized carbons (Fsp3) is 0.816. The number of likely N-dealkylation sites (tertiary alicyclic amines) is 1. The number of urea groups is 1. The van der Waals surface area contributed by atoms with Crippen LogP contribution in [-0.2, 0) is 38.2 Å². The number of carbonyl (C=O) groups is 7. The van der Waals surface area contributed by atoms with Gasteiger partial charge in [-0.15, -0.1) is 0 Å². The molecule has 0 radical (unpaired) electrons. The van der Waals surface area contributed by atoms with Gasteiger partial charge in [-0.1, -0.05) is 47.5 Å². The predicted octanol–water partition coefficient (Wildman–Crippen LogP) is 2.62. The Morgan fingerprint density at radius 2 is 1.48 bits per heavy atom. The van der Waals surface area contributed by atoms with Crippen LogP contribution in [0, 0.1) is 40.4 Å². The van der Waals surface area contributed by atoms with Crippen molar-refractivity contribution in [3.8, 4) is 0 Å². The molecule has 1 aliphatic heterocycles. The van der Waals surface area contributed by atoms with E-state index in [0.29, 0.717) is 25.5 Å². The van der Waals surface area contributed by atoms with Gasteiger partial charge < -0.3 is 35.6 Å². The third-order valence-electron chi connectivity index (χ3n) is 11.1. The number of ketones is 1. The molecule has 14 nitrogen and oxygen atoms in total. The lowest BCUT2D eigenvalue weighted by atomic mass is 9.85. The van der Waals surface area contributed by atoms with Gasteiger partial charge in [-0.3, -0.25) is 24.0 Å². The van der Waals surface area contributed by atoms with Gasteiger partial charge in [-0.05, 0) is 93.3 Å². The highest BCUT2D eigenvalue weighted by Gasteiger charge is 2.70. The molecule has 1 heterocycles. The number of hydrogen-bond donors (Lipinski definition) is 4. The summed E-state index contributed by atoms with van der Waals surface area (Å²) in [6.07, 6.45) is 5.60. The van der Waals surface area contributed by atoms with Crippen LogP contribution in [0.2, 0.25) is 0 Å². The Labute approximate surface area is 307 Å². The van der Waals surface area contributed by atoms with E-state index in [1.807, 2.05) is 34.6 Å². The number of fused-ring (bicyclic) bond motifs is 1. The fourth-order valence-electron chi connectivity index (χ4n) is 7.41. The molecule has 0 spiro atoms. The van der Waals surface area contributed by atoms with Gasteiger partial charge in [0.05, 0.1) is 19.1 Å². The molecule has 1 unspecified atom stereocenters. The normalized spacial score (nSPS) is 25.1. The van der Waals surface area contributed by atoms with E-state index in [1.54, 1.807) is 20.8 Å². The van der Waals surface area contributed by atoms with Crippen molar-refractivity contribution in [2.24, 2.45) is 40.4 Å². The fourth-order valence-corrected chi connectivity index (χ4v) is 7.41. The third kappa shape index (κ3) is 10.0. The van der Waals surface area contributed by atoms with Crippen molar-refractivity contribution in [3.63, 3.8) is 0 Å². The topological polar surface area (TPSA) is 189 Å². The molecule has 6 atom stereocenters. The lowest BCUT2D eigenvalue weighted by molar-refractivity contribution is -0.155. The first-order chi connectivity index (χ1) is 24.2. The molecule has 290 valence electrons. The maximum absolute atomic E-state index is 14.4. The van der Waals surface area contributed by atoms with E-state index in [9.17, 15) is 33.6 Å². The second kappa shape index (κ2) is 15.0. The Kier molecular flexibility index (Phi) is 11.4. The average Bonchev–Trinajstić information content (AvgIpc) is 3.83. The molecule has 4 aliphatic carbocycles. The number of rotatable bonds is 16. The van der Waals surface area contributed by atoms with E-state index in [2.05, 4.69) is 21.3 Å². The molecule has 5 aliphatic rings. The summed E-state index contributed by atoms with van der Waals surface area (Å²) >= 11 is 0. The molecule has 4 saturated carbocycles. The average molecular weight is 730 g/mol. The van der Waals surface area contributed by atoms with Crippen LogP contribution >= 0.6 is 0 Å². The van der Waals surface area contributed by atoms with Crippen molar-refractivity contribution in [1.29, 1.82) is 0 Å². The smallest absolute Gasteiger partial charge is 0.328 e. The monoisotopic (exact) mass is 729 g/mol. The first-order valence-corrected chi connectivity index (χ1v) is 19.1. The lowest BCUT2D eigenvalue weighted by Crippen LogP contribution is -2.62. The largest absolute Gasteiger partial charge is 0.464 e. The number of esters is 2. The number of carbonyl (C=O) groups excluding carboxylic acids is 7. The molecule has 5 rings (SSSR count). The molecule has 0 aromatic rings. The molecule has 1 saturated heterocycles. The van der Waals surface area contributed by atoms with Gasteiger partial charge in [0.2, 0.25) is 17.6 Å². The minimum atomic E-state index is -1.10. The van der Waals surface area contributed by atoms with Crippen molar-refractivity contribution >= 4 is 41.5 Å². The van der Waals surface area contributed by atoms with Crippen LogP contribution in [0.4, 0.5) is 4.79 Å². The molecule has 14 heteroatoms. The van der Waals surface area contributed by atoms with Crippen LogP contribution in [0.1, 0.15) is 107 Å². The summed E-state index contributed by atoms with van der Waals surface area (Å²) in [7, 11) is 0. The zero-order valence-electron chi connectivity index (χ0n) is 32.1. The van der Waals surface area contributed by atoms with Gasteiger partial charge in [0.1, 0.15) is 23.7 Å². The van der Waals surface area contributed by atoms with Gasteiger partial charge in [0.15, 0.2) is 0 Å². The summed E-state index contributed by atoms with van der Waals surface area (Å²) in [6.45, 7) is 15.3. The van der Waals surface area contributed by atoms with E-state index in [1.165, 1.54) is 4.90 Å². The van der Waals surface area contributed by atoms with Crippen LogP contribution in [0.5, 0.6) is 0 Å². The SMILES string of the molecule is CC(C)(C)OC(=O)CCNC(=O)C(=O)C(CC1CC1)NC(=O)[C@@H]1[C@@H]2[C@H](CN1C(=O)[C@@H](NC(=O)N[C@H](C(=O)OCC1CC1)C1CC1)C(C)(C)C)C2(C)C. The number of nitrogens with one attached hydrogen (secondary N) is 4. The quantitative estimate of drug-likeness (QED) is 0.137. The standard InChI is InChI=1S/C38H59N5O9/c1-36(2,3)30(42-35(50)41-27(22-13-14-22)34(49)51-19-21-11-12-21)33(48)43-18-23-26(38(23,7)8)28(43)31(46)40-24(17-20-9-10-20)29(45)32(47)39-16-15-25(44)52-37(4,5)6/h20-24,26-28,30H,9-19H2,1-8H3,(H,39,47)(H,40,46)(H2,41,42,50)/t23-,24?,26-,27-,28-,30+/m0/s1. The zero-order valence-corrected chi connectivity index (χ0v) is 32.1. The molecular formula is C38H59N5O9. The van der Waals surface area contributed by atoms with Crippen molar-refractivity contribution in [2.45, 2.75) is 137 Å². The number of piperidine rings is 1. The van der Waals surface area contributed by atoms with Crippen LogP contribution in [0.3, 0.4) is 0 Å². The zero-order chi connectivity index (χ0) is 38.3. The van der Waals surface area contributed by atoms with E-state index in [4.69, 9.17) is 9.47 Å². The maximum Gasteiger partial charge on any atom is 0.328 e. The van der Waals surface area contributed by atoms with Crippen molar-refractivity contribution in [1.82, 2.24) is 26.2 Å².